The van der Waals surface area contributed by atoms with Gasteiger partial charge in [0.1, 0.15) is 6.04 Å². The molecule has 1 aromatic carbocycles. The number of aromatic nitrogens is 2. The van der Waals surface area contributed by atoms with Gasteiger partial charge < -0.3 is 5.32 Å². The molecule has 1 atom stereocenters. The minimum absolute atomic E-state index is 0.0600. The number of amides is 1. The first-order valence-corrected chi connectivity index (χ1v) is 9.52. The van der Waals surface area contributed by atoms with E-state index in [4.69, 9.17) is 0 Å². The normalized spacial score (nSPS) is 12.0. The third kappa shape index (κ3) is 5.47. The Labute approximate surface area is 166 Å². The van der Waals surface area contributed by atoms with Crippen LogP contribution in [0.5, 0.6) is 0 Å². The van der Waals surface area contributed by atoms with Crippen LogP contribution in [0.2, 0.25) is 0 Å². The first-order chi connectivity index (χ1) is 13.6. The van der Waals surface area contributed by atoms with Crippen LogP contribution < -0.4 is 10.6 Å². The Kier molecular flexibility index (Phi) is 6.87. The molecule has 3 aromatic rings. The Morgan fingerprint density at radius 2 is 1.57 bits per heavy atom. The molecule has 2 heterocycles. The molecule has 0 spiro atoms. The average Bonchev–Trinajstić information content (AvgIpc) is 2.74. The van der Waals surface area contributed by atoms with Gasteiger partial charge in [0.15, 0.2) is 0 Å². The second-order valence-corrected chi connectivity index (χ2v) is 7.07. The van der Waals surface area contributed by atoms with Crippen LogP contribution in [0.25, 0.3) is 0 Å². The highest BCUT2D eigenvalue weighted by atomic mass is 16.2. The molecule has 5 nitrogen and oxygen atoms in total. The quantitative estimate of drug-likeness (QED) is 0.630. The molecule has 5 heteroatoms. The van der Waals surface area contributed by atoms with Crippen molar-refractivity contribution in [1.29, 1.82) is 0 Å². The van der Waals surface area contributed by atoms with Crippen LogP contribution >= 0.6 is 0 Å². The summed E-state index contributed by atoms with van der Waals surface area (Å²) >= 11 is 0. The monoisotopic (exact) mass is 374 g/mol. The van der Waals surface area contributed by atoms with E-state index in [0.717, 1.165) is 16.7 Å². The molecule has 0 saturated heterocycles. The molecule has 0 aliphatic heterocycles. The molecule has 2 N–H and O–H groups in total. The van der Waals surface area contributed by atoms with Gasteiger partial charge in [0.25, 0.3) is 0 Å². The second kappa shape index (κ2) is 9.76. The first kappa shape index (κ1) is 19.7. The minimum Gasteiger partial charge on any atom is -0.350 e. The van der Waals surface area contributed by atoms with Crippen molar-refractivity contribution in [3.8, 4) is 0 Å². The van der Waals surface area contributed by atoms with Gasteiger partial charge in [-0.3, -0.25) is 20.1 Å². The maximum absolute atomic E-state index is 13.0. The molecular weight excluding hydrogens is 348 g/mol. The summed E-state index contributed by atoms with van der Waals surface area (Å²) in [5, 5.41) is 6.40. The lowest BCUT2D eigenvalue weighted by molar-refractivity contribution is -0.123. The van der Waals surface area contributed by atoms with E-state index in [-0.39, 0.29) is 5.91 Å². The highest BCUT2D eigenvalue weighted by Gasteiger charge is 2.20. The van der Waals surface area contributed by atoms with Crippen molar-refractivity contribution in [3.63, 3.8) is 0 Å². The lowest BCUT2D eigenvalue weighted by Crippen LogP contribution is -2.37. The van der Waals surface area contributed by atoms with E-state index < -0.39 is 6.04 Å². The van der Waals surface area contributed by atoms with Crippen LogP contribution in [0, 0.1) is 0 Å². The van der Waals surface area contributed by atoms with Crippen molar-refractivity contribution in [2.75, 3.05) is 0 Å². The molecule has 0 radical (unpaired) electrons. The van der Waals surface area contributed by atoms with Crippen LogP contribution in [0.3, 0.4) is 0 Å². The molecule has 0 bridgehead atoms. The van der Waals surface area contributed by atoms with E-state index in [1.54, 1.807) is 24.8 Å². The van der Waals surface area contributed by atoms with E-state index in [1.165, 1.54) is 5.56 Å². The van der Waals surface area contributed by atoms with Crippen LogP contribution in [-0.4, -0.2) is 15.9 Å². The van der Waals surface area contributed by atoms with Crippen molar-refractivity contribution in [2.45, 2.75) is 38.9 Å². The van der Waals surface area contributed by atoms with Gasteiger partial charge in [-0.05, 0) is 46.4 Å². The standard InChI is InChI=1S/C23H26N4O/c1-17(2)20-5-7-21(8-6-20)22(26-15-18-9-12-24-13-10-18)23(28)27-16-19-4-3-11-25-14-19/h3-14,17,22,26H,15-16H2,1-2H3,(H,27,28). The van der Waals surface area contributed by atoms with Crippen molar-refractivity contribution < 1.29 is 4.79 Å². The lowest BCUT2D eigenvalue weighted by Gasteiger charge is -2.20. The van der Waals surface area contributed by atoms with Crippen LogP contribution in [0.1, 0.15) is 48.1 Å². The second-order valence-electron chi connectivity index (χ2n) is 7.07. The predicted octanol–water partition coefficient (Wildman–Crippen LogP) is 3.75. The van der Waals surface area contributed by atoms with Gasteiger partial charge in [-0.1, -0.05) is 44.2 Å². The van der Waals surface area contributed by atoms with Crippen molar-refractivity contribution >= 4 is 5.91 Å². The first-order valence-electron chi connectivity index (χ1n) is 9.52. The fourth-order valence-electron chi connectivity index (χ4n) is 2.95. The number of carbonyl (C=O) groups is 1. The number of hydrogen-bond donors (Lipinski definition) is 2. The Morgan fingerprint density at radius 3 is 2.21 bits per heavy atom. The molecule has 0 aliphatic carbocycles. The highest BCUT2D eigenvalue weighted by molar-refractivity contribution is 5.83. The van der Waals surface area contributed by atoms with E-state index in [2.05, 4.69) is 46.6 Å². The van der Waals surface area contributed by atoms with E-state index >= 15 is 0 Å². The van der Waals surface area contributed by atoms with Crippen LogP contribution in [0.4, 0.5) is 0 Å². The number of rotatable bonds is 8. The van der Waals surface area contributed by atoms with Crippen LogP contribution in [-0.2, 0) is 17.9 Å². The summed E-state index contributed by atoms with van der Waals surface area (Å²) in [7, 11) is 0. The van der Waals surface area contributed by atoms with Gasteiger partial charge in [-0.15, -0.1) is 0 Å². The van der Waals surface area contributed by atoms with Gasteiger partial charge in [0, 0.05) is 37.9 Å². The fraction of sp³-hybridized carbons (Fsp3) is 0.261. The number of nitrogens with zero attached hydrogens (tertiary/aromatic N) is 2. The smallest absolute Gasteiger partial charge is 0.242 e. The number of benzene rings is 1. The average molecular weight is 374 g/mol. The number of pyridine rings is 2. The molecule has 144 valence electrons. The minimum atomic E-state index is -0.439. The predicted molar refractivity (Wildman–Crippen MR) is 110 cm³/mol. The Morgan fingerprint density at radius 1 is 0.857 bits per heavy atom. The third-order valence-electron chi connectivity index (χ3n) is 4.65. The number of hydrogen-bond acceptors (Lipinski definition) is 4. The molecule has 28 heavy (non-hydrogen) atoms. The molecule has 1 unspecified atom stereocenters. The Bertz CT molecular complexity index is 864. The molecule has 0 fully saturated rings. The van der Waals surface area contributed by atoms with Crippen molar-refractivity contribution in [1.82, 2.24) is 20.6 Å². The summed E-state index contributed by atoms with van der Waals surface area (Å²) in [4.78, 5) is 21.1. The summed E-state index contributed by atoms with van der Waals surface area (Å²) in [6.07, 6.45) is 7.00. The summed E-state index contributed by atoms with van der Waals surface area (Å²) in [5.41, 5.74) is 4.26. The zero-order valence-corrected chi connectivity index (χ0v) is 16.3. The summed E-state index contributed by atoms with van der Waals surface area (Å²) in [5.74, 6) is 0.395. The SMILES string of the molecule is CC(C)c1ccc(C(NCc2ccncc2)C(=O)NCc2cccnc2)cc1. The van der Waals surface area contributed by atoms with Crippen molar-refractivity contribution in [3.05, 3.63) is 95.6 Å². The molecular formula is C23H26N4O. The van der Waals surface area contributed by atoms with Gasteiger partial charge >= 0.3 is 0 Å². The maximum atomic E-state index is 13.0. The van der Waals surface area contributed by atoms with Crippen molar-refractivity contribution in [2.24, 2.45) is 0 Å². The number of nitrogens with one attached hydrogen (secondary N) is 2. The molecule has 0 saturated carbocycles. The third-order valence-corrected chi connectivity index (χ3v) is 4.65. The Balaban J connectivity index is 1.73. The summed E-state index contributed by atoms with van der Waals surface area (Å²) in [6, 6.07) is 15.5. The zero-order valence-electron chi connectivity index (χ0n) is 16.3. The summed E-state index contributed by atoms with van der Waals surface area (Å²) in [6.45, 7) is 5.35. The van der Waals surface area contributed by atoms with Gasteiger partial charge in [-0.25, -0.2) is 0 Å². The molecule has 2 aromatic heterocycles. The highest BCUT2D eigenvalue weighted by Crippen LogP contribution is 2.20. The fourth-order valence-corrected chi connectivity index (χ4v) is 2.95. The van der Waals surface area contributed by atoms with E-state index in [0.29, 0.717) is 19.0 Å². The molecule has 1 amide bonds. The topological polar surface area (TPSA) is 66.9 Å². The lowest BCUT2D eigenvalue weighted by atomic mass is 9.98. The summed E-state index contributed by atoms with van der Waals surface area (Å²) < 4.78 is 0. The van der Waals surface area contributed by atoms with E-state index in [9.17, 15) is 4.79 Å². The molecule has 3 rings (SSSR count). The number of carbonyl (C=O) groups excluding carboxylic acids is 1. The largest absolute Gasteiger partial charge is 0.350 e. The van der Waals surface area contributed by atoms with Crippen LogP contribution in [0.15, 0.2) is 73.3 Å². The maximum Gasteiger partial charge on any atom is 0.242 e. The van der Waals surface area contributed by atoms with Gasteiger partial charge in [-0.2, -0.15) is 0 Å². The van der Waals surface area contributed by atoms with E-state index in [1.807, 2.05) is 36.4 Å². The van der Waals surface area contributed by atoms with Gasteiger partial charge in [0.2, 0.25) is 5.91 Å². The Hall–Kier alpha value is -3.05. The zero-order chi connectivity index (χ0) is 19.8. The molecule has 0 aliphatic rings. The van der Waals surface area contributed by atoms with Gasteiger partial charge in [0.05, 0.1) is 0 Å².